The monoisotopic (exact) mass is 429 g/mol. The van der Waals surface area contributed by atoms with Crippen molar-refractivity contribution < 1.29 is 24.2 Å². The van der Waals surface area contributed by atoms with Crippen LogP contribution in [-0.2, 0) is 14.3 Å². The van der Waals surface area contributed by atoms with Crippen molar-refractivity contribution in [2.75, 3.05) is 37.4 Å². The van der Waals surface area contributed by atoms with Gasteiger partial charge < -0.3 is 25.4 Å². The van der Waals surface area contributed by atoms with Gasteiger partial charge in [-0.15, -0.1) is 0 Å². The molecular weight excluding hydrogens is 410 g/mol. The molecule has 1 aliphatic rings. The van der Waals surface area contributed by atoms with Crippen LogP contribution in [0.25, 0.3) is 0 Å². The van der Waals surface area contributed by atoms with Crippen molar-refractivity contribution in [3.05, 3.63) is 70.4 Å². The first-order valence-corrected chi connectivity index (χ1v) is 9.46. The Kier molecular flexibility index (Phi) is 6.71. The number of anilines is 2. The molecule has 0 aliphatic carbocycles. The Morgan fingerprint density at radius 1 is 1.10 bits per heavy atom. The van der Waals surface area contributed by atoms with E-state index in [0.717, 1.165) is 0 Å². The van der Waals surface area contributed by atoms with Crippen LogP contribution in [-0.4, -0.2) is 54.6 Å². The van der Waals surface area contributed by atoms with Crippen molar-refractivity contribution in [3.8, 4) is 0 Å². The minimum absolute atomic E-state index is 0.0516. The number of methoxy groups -OCH3 is 1. The van der Waals surface area contributed by atoms with E-state index in [4.69, 9.17) is 21.4 Å². The van der Waals surface area contributed by atoms with Crippen molar-refractivity contribution >= 4 is 40.8 Å². The molecule has 0 bridgehead atoms. The number of ether oxygens (including phenoxy) is 1. The van der Waals surface area contributed by atoms with Crippen LogP contribution >= 0.6 is 11.6 Å². The molecule has 3 N–H and O–H groups in total. The predicted octanol–water partition coefficient (Wildman–Crippen LogP) is 2.27. The zero-order valence-corrected chi connectivity index (χ0v) is 16.9. The van der Waals surface area contributed by atoms with Gasteiger partial charge in [-0.05, 0) is 48.5 Å². The van der Waals surface area contributed by atoms with Crippen LogP contribution in [0, 0.1) is 0 Å². The van der Waals surface area contributed by atoms with Gasteiger partial charge in [0.1, 0.15) is 5.70 Å². The van der Waals surface area contributed by atoms with Crippen LogP contribution < -0.4 is 10.6 Å². The van der Waals surface area contributed by atoms with Crippen molar-refractivity contribution in [2.24, 2.45) is 0 Å². The van der Waals surface area contributed by atoms with E-state index in [1.54, 1.807) is 48.5 Å². The lowest BCUT2D eigenvalue weighted by Crippen LogP contribution is -2.31. The first kappa shape index (κ1) is 21.4. The summed E-state index contributed by atoms with van der Waals surface area (Å²) in [5.74, 6) is -1.33. The molecule has 8 nitrogen and oxygen atoms in total. The Bertz CT molecular complexity index is 987. The van der Waals surface area contributed by atoms with Gasteiger partial charge in [-0.3, -0.25) is 9.59 Å². The predicted molar refractivity (Wildman–Crippen MR) is 112 cm³/mol. The first-order valence-electron chi connectivity index (χ1n) is 9.08. The topological polar surface area (TPSA) is 108 Å². The average Bonchev–Trinajstić information content (AvgIpc) is 3.05. The standard InChI is InChI=1S/C21H20ClN3O5/c1-30-21(29)17-12-25(10-11-26)20(28)18(17)23-15-6-2-13(3-7-15)19(27)24-16-8-4-14(22)5-9-16/h2-9,23,26H,10-12H2,1H3,(H,24,27). The maximum atomic E-state index is 12.5. The van der Waals surface area contributed by atoms with Gasteiger partial charge in [-0.2, -0.15) is 0 Å². The molecule has 2 amide bonds. The van der Waals surface area contributed by atoms with Crippen LogP contribution in [0.2, 0.25) is 5.02 Å². The summed E-state index contributed by atoms with van der Waals surface area (Å²) < 4.78 is 4.75. The summed E-state index contributed by atoms with van der Waals surface area (Å²) in [5.41, 5.74) is 1.82. The highest BCUT2D eigenvalue weighted by atomic mass is 35.5. The second-order valence-electron chi connectivity index (χ2n) is 6.46. The molecule has 156 valence electrons. The summed E-state index contributed by atoms with van der Waals surface area (Å²) in [6.07, 6.45) is 0. The second kappa shape index (κ2) is 9.43. The van der Waals surface area contributed by atoms with Crippen molar-refractivity contribution in [1.29, 1.82) is 0 Å². The number of aliphatic hydroxyl groups is 1. The van der Waals surface area contributed by atoms with Gasteiger partial charge in [-0.1, -0.05) is 11.6 Å². The zero-order chi connectivity index (χ0) is 21.7. The van der Waals surface area contributed by atoms with Gasteiger partial charge in [0.2, 0.25) is 0 Å². The highest BCUT2D eigenvalue weighted by Gasteiger charge is 2.34. The molecule has 0 atom stereocenters. The molecule has 1 aliphatic heterocycles. The number of nitrogens with one attached hydrogen (secondary N) is 2. The lowest BCUT2D eigenvalue weighted by Gasteiger charge is -2.15. The van der Waals surface area contributed by atoms with E-state index in [1.165, 1.54) is 12.0 Å². The lowest BCUT2D eigenvalue weighted by molar-refractivity contribution is -0.136. The number of halogens is 1. The summed E-state index contributed by atoms with van der Waals surface area (Å²) in [6.45, 7) is -0.0603. The maximum absolute atomic E-state index is 12.5. The number of benzene rings is 2. The van der Waals surface area contributed by atoms with E-state index in [9.17, 15) is 14.4 Å². The molecule has 9 heteroatoms. The highest BCUT2D eigenvalue weighted by molar-refractivity contribution is 6.30. The summed E-state index contributed by atoms with van der Waals surface area (Å²) >= 11 is 5.84. The molecule has 0 saturated heterocycles. The molecule has 0 saturated carbocycles. The molecule has 3 rings (SSSR count). The Hall–Kier alpha value is -3.36. The van der Waals surface area contributed by atoms with Gasteiger partial charge in [0.15, 0.2) is 0 Å². The van der Waals surface area contributed by atoms with E-state index < -0.39 is 11.9 Å². The SMILES string of the molecule is COC(=O)C1=C(Nc2ccc(C(=O)Nc3ccc(Cl)cc3)cc2)C(=O)N(CCO)C1. The van der Waals surface area contributed by atoms with Crippen LogP contribution in [0.15, 0.2) is 59.8 Å². The molecule has 0 fully saturated rings. The van der Waals surface area contributed by atoms with Gasteiger partial charge >= 0.3 is 5.97 Å². The van der Waals surface area contributed by atoms with Crippen molar-refractivity contribution in [3.63, 3.8) is 0 Å². The Morgan fingerprint density at radius 2 is 1.73 bits per heavy atom. The summed E-state index contributed by atoms with van der Waals surface area (Å²) in [6, 6.07) is 13.2. The highest BCUT2D eigenvalue weighted by Crippen LogP contribution is 2.23. The van der Waals surface area contributed by atoms with Gasteiger partial charge in [-0.25, -0.2) is 4.79 Å². The van der Waals surface area contributed by atoms with Gasteiger partial charge in [0.05, 0.1) is 25.8 Å². The fourth-order valence-corrected chi connectivity index (χ4v) is 3.06. The van der Waals surface area contributed by atoms with Crippen LogP contribution in [0.5, 0.6) is 0 Å². The third-order valence-electron chi connectivity index (χ3n) is 4.47. The Labute approximate surface area is 178 Å². The molecule has 0 unspecified atom stereocenters. The number of carbonyl (C=O) groups excluding carboxylic acids is 3. The minimum Gasteiger partial charge on any atom is -0.466 e. The lowest BCUT2D eigenvalue weighted by atomic mass is 10.1. The quantitative estimate of drug-likeness (QED) is 0.583. The number of hydrogen-bond donors (Lipinski definition) is 3. The molecule has 0 aromatic heterocycles. The number of hydrogen-bond acceptors (Lipinski definition) is 6. The summed E-state index contributed by atoms with van der Waals surface area (Å²) in [4.78, 5) is 38.3. The largest absolute Gasteiger partial charge is 0.466 e. The smallest absolute Gasteiger partial charge is 0.337 e. The first-order chi connectivity index (χ1) is 14.4. The molecule has 2 aromatic rings. The molecule has 1 heterocycles. The van der Waals surface area contributed by atoms with E-state index >= 15 is 0 Å². The fraction of sp³-hybridized carbons (Fsp3) is 0.190. The van der Waals surface area contributed by atoms with Crippen LogP contribution in [0.1, 0.15) is 10.4 Å². The van der Waals surface area contributed by atoms with E-state index in [1.807, 2.05) is 0 Å². The normalized spacial score (nSPS) is 13.4. The third kappa shape index (κ3) is 4.79. The second-order valence-corrected chi connectivity index (χ2v) is 6.90. The zero-order valence-electron chi connectivity index (χ0n) is 16.1. The summed E-state index contributed by atoms with van der Waals surface area (Å²) in [7, 11) is 1.24. The van der Waals surface area contributed by atoms with Gasteiger partial charge in [0, 0.05) is 28.5 Å². The number of rotatable bonds is 7. The van der Waals surface area contributed by atoms with Crippen LogP contribution in [0.3, 0.4) is 0 Å². The van der Waals surface area contributed by atoms with Gasteiger partial charge in [0.25, 0.3) is 11.8 Å². The molecule has 2 aromatic carbocycles. The number of aliphatic hydroxyl groups excluding tert-OH is 1. The number of carbonyl (C=O) groups is 3. The molecule has 0 radical (unpaired) electrons. The number of amides is 2. The van der Waals surface area contributed by atoms with E-state index in [0.29, 0.717) is 22.0 Å². The number of nitrogens with zero attached hydrogens (tertiary/aromatic N) is 1. The maximum Gasteiger partial charge on any atom is 0.337 e. The van der Waals surface area contributed by atoms with Crippen molar-refractivity contribution in [1.82, 2.24) is 4.90 Å². The molecule has 30 heavy (non-hydrogen) atoms. The molecule has 0 spiro atoms. The van der Waals surface area contributed by atoms with E-state index in [-0.39, 0.29) is 36.9 Å². The molecular formula is C21H20ClN3O5. The average molecular weight is 430 g/mol. The van der Waals surface area contributed by atoms with Crippen LogP contribution in [0.4, 0.5) is 11.4 Å². The number of β-amino-alcohol motifs (C(OH)–C–C–N with tert-alkyl or cyclic N) is 1. The Morgan fingerprint density at radius 3 is 2.33 bits per heavy atom. The van der Waals surface area contributed by atoms with E-state index in [2.05, 4.69) is 10.6 Å². The fourth-order valence-electron chi connectivity index (χ4n) is 2.93. The van der Waals surface area contributed by atoms with Crippen molar-refractivity contribution in [2.45, 2.75) is 0 Å². The number of esters is 1. The third-order valence-corrected chi connectivity index (χ3v) is 4.72. The Balaban J connectivity index is 1.73. The summed E-state index contributed by atoms with van der Waals surface area (Å²) in [5, 5.41) is 15.4. The minimum atomic E-state index is -0.620.